The van der Waals surface area contributed by atoms with Gasteiger partial charge in [0.15, 0.2) is 0 Å². The molecule has 0 aromatic carbocycles. The van der Waals surface area contributed by atoms with E-state index < -0.39 is 5.51 Å². The van der Waals surface area contributed by atoms with E-state index in [1.54, 1.807) is 0 Å². The molecule has 17 heavy (non-hydrogen) atoms. The Bertz CT molecular complexity index is 250. The number of morpholine rings is 1. The summed E-state index contributed by atoms with van der Waals surface area (Å²) in [5, 5.41) is 0. The van der Waals surface area contributed by atoms with Gasteiger partial charge in [0.05, 0.1) is 11.7 Å². The number of nitrogens with zero attached hydrogens (tertiary/aromatic N) is 1. The summed E-state index contributed by atoms with van der Waals surface area (Å²) in [6, 6.07) is 0. The van der Waals surface area contributed by atoms with Crippen molar-refractivity contribution in [2.75, 3.05) is 31.3 Å². The van der Waals surface area contributed by atoms with Crippen molar-refractivity contribution in [3.8, 4) is 0 Å². The third kappa shape index (κ3) is 6.18. The first kappa shape index (κ1) is 15.4. The average Bonchev–Trinajstić information content (AvgIpc) is 2.13. The Labute approximate surface area is 109 Å². The number of ether oxygens (including phenoxy) is 1. The summed E-state index contributed by atoms with van der Waals surface area (Å²) >= 11 is 5.76. The van der Waals surface area contributed by atoms with Crippen LogP contribution in [-0.2, 0) is 4.74 Å². The highest BCUT2D eigenvalue weighted by atomic mass is 35.5. The van der Waals surface area contributed by atoms with Crippen LogP contribution in [0.15, 0.2) is 0 Å². The van der Waals surface area contributed by atoms with E-state index in [4.69, 9.17) is 16.3 Å². The van der Waals surface area contributed by atoms with Gasteiger partial charge in [-0.1, -0.05) is 0 Å². The molecule has 0 N–H and O–H groups in total. The van der Waals surface area contributed by atoms with Gasteiger partial charge in [0, 0.05) is 31.3 Å². The molecule has 7 heteroatoms. The lowest BCUT2D eigenvalue weighted by atomic mass is 10.1. The predicted molar refractivity (Wildman–Crippen MR) is 64.6 cm³/mol. The Kier molecular flexibility index (Phi) is 5.43. The number of rotatable bonds is 4. The van der Waals surface area contributed by atoms with E-state index in [9.17, 15) is 13.2 Å². The summed E-state index contributed by atoms with van der Waals surface area (Å²) in [4.78, 5) is 1.98. The smallest absolute Gasteiger partial charge is 0.368 e. The molecule has 0 aromatic heterocycles. The molecule has 0 spiro atoms. The van der Waals surface area contributed by atoms with Crippen molar-refractivity contribution in [2.24, 2.45) is 0 Å². The topological polar surface area (TPSA) is 12.5 Å². The van der Waals surface area contributed by atoms with Gasteiger partial charge in [0.25, 0.3) is 0 Å². The Morgan fingerprint density at radius 1 is 1.47 bits per heavy atom. The van der Waals surface area contributed by atoms with Crippen molar-refractivity contribution < 1.29 is 17.9 Å². The van der Waals surface area contributed by atoms with E-state index in [2.05, 4.69) is 0 Å². The zero-order valence-corrected chi connectivity index (χ0v) is 11.5. The Balaban J connectivity index is 2.37. The molecular formula is C10H17ClF3NOS. The molecule has 1 rings (SSSR count). The summed E-state index contributed by atoms with van der Waals surface area (Å²) < 4.78 is 41.7. The van der Waals surface area contributed by atoms with E-state index in [1.807, 2.05) is 18.7 Å². The minimum absolute atomic E-state index is 0.0207. The number of hydrogen-bond donors (Lipinski definition) is 0. The van der Waals surface area contributed by atoms with Gasteiger partial charge in [-0.05, 0) is 25.6 Å². The van der Waals surface area contributed by atoms with Crippen LogP contribution in [0.2, 0.25) is 0 Å². The second-order valence-corrected chi connectivity index (χ2v) is 6.15. The Hall–Kier alpha value is 0.350. The molecule has 0 bridgehead atoms. The van der Waals surface area contributed by atoms with Crippen LogP contribution in [0.4, 0.5) is 13.2 Å². The van der Waals surface area contributed by atoms with Gasteiger partial charge in [0.1, 0.15) is 0 Å². The SMILES string of the molecule is CC1(C)CN(CCSC(F)(F)F)CC(CCl)O1. The van der Waals surface area contributed by atoms with Gasteiger partial charge < -0.3 is 4.74 Å². The molecule has 0 aliphatic carbocycles. The van der Waals surface area contributed by atoms with Crippen LogP contribution in [0.3, 0.4) is 0 Å². The molecule has 1 saturated heterocycles. The zero-order chi connectivity index (χ0) is 13.1. The maximum atomic E-state index is 12.0. The highest BCUT2D eigenvalue weighted by Gasteiger charge is 2.34. The second-order valence-electron chi connectivity index (χ2n) is 4.68. The first-order valence-corrected chi connectivity index (χ1v) is 6.91. The molecule has 1 unspecified atom stereocenters. The number of thioether (sulfide) groups is 1. The molecule has 2 nitrogen and oxygen atoms in total. The molecular weight excluding hydrogens is 275 g/mol. The van der Waals surface area contributed by atoms with Crippen LogP contribution in [0, 0.1) is 0 Å². The minimum atomic E-state index is -4.15. The summed E-state index contributed by atoms with van der Waals surface area (Å²) in [6.07, 6.45) is -0.101. The van der Waals surface area contributed by atoms with Gasteiger partial charge in [-0.15, -0.1) is 11.6 Å². The van der Waals surface area contributed by atoms with Crippen LogP contribution < -0.4 is 0 Å². The lowest BCUT2D eigenvalue weighted by Crippen LogP contribution is -2.53. The van der Waals surface area contributed by atoms with Crippen molar-refractivity contribution >= 4 is 23.4 Å². The van der Waals surface area contributed by atoms with Crippen molar-refractivity contribution in [1.82, 2.24) is 4.90 Å². The molecule has 1 heterocycles. The maximum absolute atomic E-state index is 12.0. The van der Waals surface area contributed by atoms with Gasteiger partial charge in [-0.25, -0.2) is 0 Å². The highest BCUT2D eigenvalue weighted by Crippen LogP contribution is 2.30. The first-order valence-electron chi connectivity index (χ1n) is 5.39. The number of halogens is 4. The quantitative estimate of drug-likeness (QED) is 0.739. The first-order chi connectivity index (χ1) is 7.72. The molecule has 0 amide bonds. The third-order valence-corrected chi connectivity index (χ3v) is 3.46. The van der Waals surface area contributed by atoms with Gasteiger partial charge in [-0.2, -0.15) is 13.2 Å². The fourth-order valence-electron chi connectivity index (χ4n) is 1.96. The monoisotopic (exact) mass is 291 g/mol. The van der Waals surface area contributed by atoms with E-state index in [0.717, 1.165) is 0 Å². The third-order valence-electron chi connectivity index (χ3n) is 2.40. The lowest BCUT2D eigenvalue weighted by Gasteiger charge is -2.42. The van der Waals surface area contributed by atoms with Gasteiger partial charge in [0.2, 0.25) is 0 Å². The molecule has 1 fully saturated rings. The molecule has 1 aliphatic heterocycles. The van der Waals surface area contributed by atoms with Crippen LogP contribution in [0.1, 0.15) is 13.8 Å². The lowest BCUT2D eigenvalue weighted by molar-refractivity contribution is -0.126. The molecule has 0 radical (unpaired) electrons. The highest BCUT2D eigenvalue weighted by molar-refractivity contribution is 8.00. The average molecular weight is 292 g/mol. The maximum Gasteiger partial charge on any atom is 0.441 e. The van der Waals surface area contributed by atoms with Gasteiger partial charge in [-0.3, -0.25) is 4.90 Å². The van der Waals surface area contributed by atoms with Crippen LogP contribution in [0.25, 0.3) is 0 Å². The zero-order valence-electron chi connectivity index (χ0n) is 9.89. The normalized spacial score (nSPS) is 26.1. The van der Waals surface area contributed by atoms with Crippen molar-refractivity contribution in [3.63, 3.8) is 0 Å². The van der Waals surface area contributed by atoms with Crippen molar-refractivity contribution in [3.05, 3.63) is 0 Å². The molecule has 1 atom stereocenters. The summed E-state index contributed by atoms with van der Waals surface area (Å²) in [5.74, 6) is 0.418. The second kappa shape index (κ2) is 5.99. The summed E-state index contributed by atoms with van der Waals surface area (Å²) in [6.45, 7) is 5.50. The Morgan fingerprint density at radius 2 is 2.12 bits per heavy atom. The molecule has 102 valence electrons. The van der Waals surface area contributed by atoms with Crippen molar-refractivity contribution in [1.29, 1.82) is 0 Å². The van der Waals surface area contributed by atoms with E-state index in [0.29, 0.717) is 25.5 Å². The molecule has 0 saturated carbocycles. The summed E-state index contributed by atoms with van der Waals surface area (Å²) in [7, 11) is 0. The van der Waals surface area contributed by atoms with E-state index in [-0.39, 0.29) is 29.2 Å². The number of hydrogen-bond acceptors (Lipinski definition) is 3. The standard InChI is InChI=1S/C10H17ClF3NOS/c1-9(2)7-15(6-8(5-11)16-9)3-4-17-10(12,13)14/h8H,3-7H2,1-2H3. The van der Waals surface area contributed by atoms with E-state index in [1.165, 1.54) is 0 Å². The molecule has 1 aliphatic rings. The minimum Gasteiger partial charge on any atom is -0.368 e. The van der Waals surface area contributed by atoms with Gasteiger partial charge >= 0.3 is 5.51 Å². The number of alkyl halides is 4. The summed E-state index contributed by atoms with van der Waals surface area (Å²) in [5.41, 5.74) is -4.49. The van der Waals surface area contributed by atoms with Crippen LogP contribution in [-0.4, -0.2) is 53.4 Å². The predicted octanol–water partition coefficient (Wildman–Crippen LogP) is 2.96. The fourth-order valence-corrected chi connectivity index (χ4v) is 2.70. The van der Waals surface area contributed by atoms with E-state index >= 15 is 0 Å². The molecule has 0 aromatic rings. The Morgan fingerprint density at radius 3 is 2.65 bits per heavy atom. The van der Waals surface area contributed by atoms with Crippen LogP contribution >= 0.6 is 23.4 Å². The fraction of sp³-hybridized carbons (Fsp3) is 1.00. The largest absolute Gasteiger partial charge is 0.441 e. The van der Waals surface area contributed by atoms with Crippen LogP contribution in [0.5, 0.6) is 0 Å². The van der Waals surface area contributed by atoms with Crippen molar-refractivity contribution in [2.45, 2.75) is 31.1 Å².